The summed E-state index contributed by atoms with van der Waals surface area (Å²) in [5.74, 6) is -0.435. The SMILES string of the molecule is C.CCCC(N)C(O)C(=O)NC1CC1.CCC[C@H](C)[C@H](O)C(=O)NC1CC1. The topological polar surface area (TPSA) is 125 Å². The lowest BCUT2D eigenvalue weighted by Crippen LogP contribution is -2.46. The zero-order valence-corrected chi connectivity index (χ0v) is 16.4. The Morgan fingerprint density at radius 2 is 1.33 bits per heavy atom. The molecule has 2 amide bonds. The van der Waals surface area contributed by atoms with Crippen molar-refractivity contribution in [3.8, 4) is 0 Å². The molecular formula is C20H41N3O4. The van der Waals surface area contributed by atoms with Crippen molar-refractivity contribution >= 4 is 11.8 Å². The number of nitrogens with one attached hydrogen (secondary N) is 2. The molecule has 0 aromatic carbocycles. The van der Waals surface area contributed by atoms with Crippen LogP contribution in [0.15, 0.2) is 0 Å². The van der Waals surface area contributed by atoms with Gasteiger partial charge in [-0.05, 0) is 44.4 Å². The molecule has 0 bridgehead atoms. The minimum atomic E-state index is -1.04. The Balaban J connectivity index is 0.000000483. The number of amides is 2. The summed E-state index contributed by atoms with van der Waals surface area (Å²) in [6, 6.07) is 0.204. The summed E-state index contributed by atoms with van der Waals surface area (Å²) >= 11 is 0. The van der Waals surface area contributed by atoms with Gasteiger partial charge in [0.05, 0.1) is 0 Å². The summed E-state index contributed by atoms with van der Waals surface area (Å²) in [5.41, 5.74) is 5.61. The summed E-state index contributed by atoms with van der Waals surface area (Å²) in [5, 5.41) is 24.6. The van der Waals surface area contributed by atoms with E-state index in [1.54, 1.807) is 0 Å². The fraction of sp³-hybridized carbons (Fsp3) is 0.900. The molecule has 2 aliphatic carbocycles. The molecule has 2 saturated carbocycles. The number of aliphatic hydroxyl groups excluding tert-OH is 2. The molecule has 2 rings (SSSR count). The van der Waals surface area contributed by atoms with E-state index >= 15 is 0 Å². The Kier molecular flexibility index (Phi) is 12.5. The zero-order chi connectivity index (χ0) is 19.7. The Hall–Kier alpha value is -1.18. The fourth-order valence-corrected chi connectivity index (χ4v) is 2.59. The number of hydrogen-bond acceptors (Lipinski definition) is 5. The van der Waals surface area contributed by atoms with Crippen LogP contribution in [0.2, 0.25) is 0 Å². The Labute approximate surface area is 164 Å². The first-order chi connectivity index (χ1) is 12.3. The molecule has 0 heterocycles. The minimum absolute atomic E-state index is 0. The average Bonchev–Trinajstić information content (AvgIpc) is 3.51. The van der Waals surface area contributed by atoms with Crippen molar-refractivity contribution in [1.29, 1.82) is 0 Å². The van der Waals surface area contributed by atoms with Gasteiger partial charge in [-0.2, -0.15) is 0 Å². The lowest BCUT2D eigenvalue weighted by molar-refractivity contribution is -0.132. The first-order valence-corrected chi connectivity index (χ1v) is 10.0. The highest BCUT2D eigenvalue weighted by atomic mass is 16.3. The Bertz CT molecular complexity index is 399. The molecule has 0 spiro atoms. The molecule has 0 radical (unpaired) electrons. The fourth-order valence-electron chi connectivity index (χ4n) is 2.59. The largest absolute Gasteiger partial charge is 0.383 e. The lowest BCUT2D eigenvalue weighted by Gasteiger charge is -2.17. The van der Waals surface area contributed by atoms with Gasteiger partial charge in [-0.25, -0.2) is 0 Å². The van der Waals surface area contributed by atoms with Crippen LogP contribution in [0.5, 0.6) is 0 Å². The molecule has 6 N–H and O–H groups in total. The number of carbonyl (C=O) groups excluding carboxylic acids is 2. The molecular weight excluding hydrogens is 346 g/mol. The first-order valence-electron chi connectivity index (χ1n) is 10.0. The maximum Gasteiger partial charge on any atom is 0.250 e. The van der Waals surface area contributed by atoms with Crippen LogP contribution >= 0.6 is 0 Å². The van der Waals surface area contributed by atoms with Gasteiger partial charge in [0.15, 0.2) is 0 Å². The molecule has 0 aromatic rings. The van der Waals surface area contributed by atoms with Crippen LogP contribution in [0.1, 0.15) is 79.6 Å². The average molecular weight is 388 g/mol. The van der Waals surface area contributed by atoms with E-state index in [0.29, 0.717) is 12.5 Å². The van der Waals surface area contributed by atoms with Crippen molar-refractivity contribution in [1.82, 2.24) is 10.6 Å². The monoisotopic (exact) mass is 387 g/mol. The quantitative estimate of drug-likeness (QED) is 0.388. The molecule has 7 nitrogen and oxygen atoms in total. The van der Waals surface area contributed by atoms with Gasteiger partial charge in [-0.3, -0.25) is 9.59 Å². The number of aliphatic hydroxyl groups is 2. The van der Waals surface area contributed by atoms with E-state index in [2.05, 4.69) is 17.6 Å². The molecule has 2 fully saturated rings. The second-order valence-electron chi connectivity index (χ2n) is 7.67. The third kappa shape index (κ3) is 10.7. The maximum atomic E-state index is 11.3. The minimum Gasteiger partial charge on any atom is -0.383 e. The predicted octanol–water partition coefficient (Wildman–Crippen LogP) is 1.45. The van der Waals surface area contributed by atoms with Crippen LogP contribution in [0, 0.1) is 5.92 Å². The maximum absolute atomic E-state index is 11.3. The second-order valence-corrected chi connectivity index (χ2v) is 7.67. The molecule has 2 aliphatic rings. The number of hydrogen-bond donors (Lipinski definition) is 5. The van der Waals surface area contributed by atoms with Crippen molar-refractivity contribution in [3.05, 3.63) is 0 Å². The van der Waals surface area contributed by atoms with Crippen molar-refractivity contribution in [2.24, 2.45) is 11.7 Å². The molecule has 0 aromatic heterocycles. The summed E-state index contributed by atoms with van der Waals surface area (Å²) in [7, 11) is 0. The summed E-state index contributed by atoms with van der Waals surface area (Å²) in [4.78, 5) is 22.6. The van der Waals surface area contributed by atoms with Crippen LogP contribution in [0.3, 0.4) is 0 Å². The van der Waals surface area contributed by atoms with Gasteiger partial charge < -0.3 is 26.6 Å². The molecule has 7 heteroatoms. The lowest BCUT2D eigenvalue weighted by atomic mass is 9.99. The van der Waals surface area contributed by atoms with Gasteiger partial charge in [-0.1, -0.05) is 41.0 Å². The number of nitrogens with two attached hydrogens (primary N) is 1. The van der Waals surface area contributed by atoms with Crippen LogP contribution in [-0.4, -0.2) is 52.4 Å². The first kappa shape index (κ1) is 25.8. The highest BCUT2D eigenvalue weighted by Gasteiger charge is 2.29. The number of rotatable bonds is 10. The van der Waals surface area contributed by atoms with Crippen LogP contribution < -0.4 is 16.4 Å². The smallest absolute Gasteiger partial charge is 0.250 e. The Morgan fingerprint density at radius 1 is 0.926 bits per heavy atom. The molecule has 27 heavy (non-hydrogen) atoms. The third-order valence-corrected chi connectivity index (χ3v) is 4.70. The van der Waals surface area contributed by atoms with Crippen molar-refractivity contribution < 1.29 is 19.8 Å². The van der Waals surface area contributed by atoms with E-state index in [4.69, 9.17) is 5.73 Å². The van der Waals surface area contributed by atoms with Crippen molar-refractivity contribution in [2.75, 3.05) is 0 Å². The van der Waals surface area contributed by atoms with Gasteiger partial charge in [0.2, 0.25) is 5.91 Å². The second kappa shape index (κ2) is 13.1. The van der Waals surface area contributed by atoms with E-state index in [-0.39, 0.29) is 31.2 Å². The van der Waals surface area contributed by atoms with E-state index in [1.807, 2.05) is 13.8 Å². The molecule has 2 unspecified atom stereocenters. The number of carbonyl (C=O) groups is 2. The van der Waals surface area contributed by atoms with E-state index in [9.17, 15) is 19.8 Å². The third-order valence-electron chi connectivity index (χ3n) is 4.70. The Morgan fingerprint density at radius 3 is 1.70 bits per heavy atom. The van der Waals surface area contributed by atoms with Crippen LogP contribution in [0.25, 0.3) is 0 Å². The molecule has 0 saturated heterocycles. The summed E-state index contributed by atoms with van der Waals surface area (Å²) in [6.45, 7) is 5.95. The van der Waals surface area contributed by atoms with E-state index in [0.717, 1.165) is 44.9 Å². The normalized spacial score (nSPS) is 20.1. The van der Waals surface area contributed by atoms with Gasteiger partial charge in [-0.15, -0.1) is 0 Å². The van der Waals surface area contributed by atoms with Crippen LogP contribution in [0.4, 0.5) is 0 Å². The molecule has 0 aliphatic heterocycles. The van der Waals surface area contributed by atoms with Crippen molar-refractivity contribution in [3.63, 3.8) is 0 Å². The zero-order valence-electron chi connectivity index (χ0n) is 16.4. The highest BCUT2D eigenvalue weighted by molar-refractivity contribution is 5.82. The van der Waals surface area contributed by atoms with Gasteiger partial charge in [0.1, 0.15) is 12.2 Å². The van der Waals surface area contributed by atoms with Gasteiger partial charge in [0.25, 0.3) is 5.91 Å². The van der Waals surface area contributed by atoms with E-state index in [1.165, 1.54) is 0 Å². The van der Waals surface area contributed by atoms with Gasteiger partial charge >= 0.3 is 0 Å². The van der Waals surface area contributed by atoms with Crippen LogP contribution in [-0.2, 0) is 9.59 Å². The molecule has 4 atom stereocenters. The van der Waals surface area contributed by atoms with Crippen molar-refractivity contribution in [2.45, 2.75) is 110 Å². The summed E-state index contributed by atoms with van der Waals surface area (Å²) < 4.78 is 0. The standard InChI is InChI=1S/C10H19NO2.C9H18N2O2.CH4/c1-3-4-7(2)9(12)10(13)11-8-5-6-8;1-2-3-7(10)8(12)9(13)11-6-4-5-6;/h7-9,12H,3-6H2,1-2H3,(H,11,13);6-8,12H,2-5,10H2,1H3,(H,11,13);1H4/t7-,9-;;/m0../s1. The molecule has 160 valence electrons. The summed E-state index contributed by atoms with van der Waals surface area (Å²) in [6.07, 6.45) is 5.81. The highest BCUT2D eigenvalue weighted by Crippen LogP contribution is 2.20. The van der Waals surface area contributed by atoms with E-state index < -0.39 is 18.2 Å². The van der Waals surface area contributed by atoms with Gasteiger partial charge in [0, 0.05) is 18.1 Å². The predicted molar refractivity (Wildman–Crippen MR) is 108 cm³/mol.